The molecule has 0 bridgehead atoms. The number of aromatic nitrogens is 2. The lowest BCUT2D eigenvalue weighted by atomic mass is 9.96. The van der Waals surface area contributed by atoms with Gasteiger partial charge in [0, 0.05) is 29.3 Å². The van der Waals surface area contributed by atoms with Gasteiger partial charge in [-0.25, -0.2) is 0 Å². The maximum Gasteiger partial charge on any atom is 0.174 e. The number of hydrogen-bond acceptors (Lipinski definition) is 3. The van der Waals surface area contributed by atoms with Gasteiger partial charge in [-0.3, -0.25) is 4.98 Å². The van der Waals surface area contributed by atoms with Crippen LogP contribution in [0.5, 0.6) is 5.75 Å². The Kier molecular flexibility index (Phi) is 5.41. The van der Waals surface area contributed by atoms with E-state index in [0.29, 0.717) is 6.04 Å². The van der Waals surface area contributed by atoms with E-state index in [-0.39, 0.29) is 18.2 Å². The minimum Gasteiger partial charge on any atom is -0.491 e. The predicted octanol–water partition coefficient (Wildman–Crippen LogP) is 5.80. The normalized spacial score (nSPS) is 20.7. The summed E-state index contributed by atoms with van der Waals surface area (Å²) in [5.41, 5.74) is 6.00. The minimum atomic E-state index is -0.0246. The third-order valence-electron chi connectivity index (χ3n) is 6.34. The van der Waals surface area contributed by atoms with Crippen LogP contribution in [0, 0.1) is 13.8 Å². The van der Waals surface area contributed by atoms with Gasteiger partial charge in [0.2, 0.25) is 0 Å². The van der Waals surface area contributed by atoms with Crippen molar-refractivity contribution in [2.75, 3.05) is 4.90 Å². The molecule has 2 atom stereocenters. The van der Waals surface area contributed by atoms with E-state index in [0.717, 1.165) is 22.2 Å². The molecule has 5 nitrogen and oxygen atoms in total. The van der Waals surface area contributed by atoms with Gasteiger partial charge >= 0.3 is 0 Å². The minimum absolute atomic E-state index is 0.0213. The topological polar surface area (TPSA) is 42.3 Å². The molecule has 2 aromatic heterocycles. The Bertz CT molecular complexity index is 1120. The Hall–Kier alpha value is -2.86. The molecule has 32 heavy (non-hydrogen) atoms. The van der Waals surface area contributed by atoms with Crippen LogP contribution in [0.25, 0.3) is 0 Å². The number of hydrogen-bond donors (Lipinski definition) is 1. The summed E-state index contributed by atoms with van der Waals surface area (Å²) in [6, 6.07) is 17.3. The van der Waals surface area contributed by atoms with Crippen LogP contribution >= 0.6 is 12.2 Å². The molecule has 1 saturated heterocycles. The van der Waals surface area contributed by atoms with Crippen molar-refractivity contribution in [3.05, 3.63) is 77.4 Å². The van der Waals surface area contributed by atoms with Crippen molar-refractivity contribution in [2.45, 2.75) is 64.8 Å². The summed E-state index contributed by atoms with van der Waals surface area (Å²) in [7, 11) is 0. The van der Waals surface area contributed by atoms with Crippen molar-refractivity contribution in [1.82, 2.24) is 14.9 Å². The van der Waals surface area contributed by atoms with Crippen molar-refractivity contribution in [1.29, 1.82) is 0 Å². The molecule has 2 aliphatic rings. The Labute approximate surface area is 195 Å². The molecule has 1 aromatic carbocycles. The van der Waals surface area contributed by atoms with Gasteiger partial charge in [-0.15, -0.1) is 0 Å². The number of pyridine rings is 1. The lowest BCUT2D eigenvalue weighted by Gasteiger charge is -2.28. The quantitative estimate of drug-likeness (QED) is 0.485. The highest BCUT2D eigenvalue weighted by molar-refractivity contribution is 7.80. The van der Waals surface area contributed by atoms with E-state index in [1.165, 1.54) is 29.8 Å². The maximum atomic E-state index is 5.88. The Morgan fingerprint density at radius 1 is 1.09 bits per heavy atom. The van der Waals surface area contributed by atoms with Crippen molar-refractivity contribution in [3.63, 3.8) is 0 Å². The summed E-state index contributed by atoms with van der Waals surface area (Å²) in [5, 5.41) is 4.29. The van der Waals surface area contributed by atoms with E-state index in [2.05, 4.69) is 57.9 Å². The summed E-state index contributed by atoms with van der Waals surface area (Å²) in [6.45, 7) is 8.54. The van der Waals surface area contributed by atoms with Crippen molar-refractivity contribution < 1.29 is 4.74 Å². The molecular formula is C26H30N4OS. The van der Waals surface area contributed by atoms with E-state index in [1.54, 1.807) is 0 Å². The van der Waals surface area contributed by atoms with Crippen LogP contribution in [-0.4, -0.2) is 20.8 Å². The zero-order valence-electron chi connectivity index (χ0n) is 19.1. The molecule has 2 fully saturated rings. The fourth-order valence-corrected chi connectivity index (χ4v) is 5.25. The van der Waals surface area contributed by atoms with Crippen LogP contribution < -0.4 is 15.0 Å². The number of nitrogens with one attached hydrogen (secondary N) is 1. The van der Waals surface area contributed by atoms with Gasteiger partial charge in [0.15, 0.2) is 5.11 Å². The third kappa shape index (κ3) is 3.77. The second-order valence-corrected chi connectivity index (χ2v) is 9.47. The summed E-state index contributed by atoms with van der Waals surface area (Å²) in [4.78, 5) is 6.92. The monoisotopic (exact) mass is 446 g/mol. The Morgan fingerprint density at radius 3 is 2.47 bits per heavy atom. The first kappa shape index (κ1) is 21.0. The van der Waals surface area contributed by atoms with Gasteiger partial charge in [0.1, 0.15) is 5.75 Å². The highest BCUT2D eigenvalue weighted by atomic mass is 32.1. The van der Waals surface area contributed by atoms with Crippen LogP contribution in [0.1, 0.15) is 67.5 Å². The van der Waals surface area contributed by atoms with Gasteiger partial charge in [-0.1, -0.05) is 6.07 Å². The van der Waals surface area contributed by atoms with Crippen LogP contribution in [-0.2, 0) is 0 Å². The number of rotatable bonds is 6. The van der Waals surface area contributed by atoms with Gasteiger partial charge in [-0.2, -0.15) is 0 Å². The van der Waals surface area contributed by atoms with Gasteiger partial charge in [-0.05, 0) is 101 Å². The van der Waals surface area contributed by atoms with Gasteiger partial charge in [0.05, 0.1) is 23.9 Å². The number of benzene rings is 1. The second-order valence-electron chi connectivity index (χ2n) is 9.08. The lowest BCUT2D eigenvalue weighted by molar-refractivity contribution is 0.242. The molecule has 0 spiro atoms. The Morgan fingerprint density at radius 2 is 1.84 bits per heavy atom. The van der Waals surface area contributed by atoms with Crippen LogP contribution in [0.15, 0.2) is 54.7 Å². The van der Waals surface area contributed by atoms with Gasteiger partial charge < -0.3 is 19.5 Å². The fourth-order valence-electron chi connectivity index (χ4n) is 4.90. The predicted molar refractivity (Wildman–Crippen MR) is 132 cm³/mol. The Balaban J connectivity index is 1.59. The number of aryl methyl sites for hydroxylation is 1. The summed E-state index contributed by atoms with van der Waals surface area (Å²) in [5.74, 6) is 0.867. The van der Waals surface area contributed by atoms with E-state index in [9.17, 15) is 0 Å². The average molecular weight is 447 g/mol. The highest BCUT2D eigenvalue weighted by Crippen LogP contribution is 2.46. The SMILES string of the molecule is Cc1cc([C@@H]2[C@H](c3ccccn3)NC(=S)N2c2ccc(OC(C)C)cc2)c(C)n1C1CC1. The zero-order valence-corrected chi connectivity index (χ0v) is 19.9. The molecule has 3 heterocycles. The summed E-state index contributed by atoms with van der Waals surface area (Å²) >= 11 is 5.88. The van der Waals surface area contributed by atoms with E-state index >= 15 is 0 Å². The molecule has 3 aromatic rings. The van der Waals surface area contributed by atoms with Crippen LogP contribution in [0.3, 0.4) is 0 Å². The second kappa shape index (κ2) is 8.24. The molecule has 166 valence electrons. The molecule has 1 N–H and O–H groups in total. The maximum absolute atomic E-state index is 5.88. The van der Waals surface area contributed by atoms with E-state index < -0.39 is 0 Å². The molecular weight excluding hydrogens is 416 g/mol. The average Bonchev–Trinajstić information content (AvgIpc) is 3.48. The molecule has 0 radical (unpaired) electrons. The standard InChI is InChI=1S/C26H30N4OS/c1-16(2)31-21-12-10-20(11-13-21)30-25(22-15-17(3)29(18(22)4)19-8-9-19)24(28-26(30)32)23-7-5-6-14-27-23/h5-7,10-16,19,24-25H,8-9H2,1-4H3,(H,28,32)/t24-,25+/m0/s1. The lowest BCUT2D eigenvalue weighted by Crippen LogP contribution is -2.29. The molecule has 1 aliphatic heterocycles. The number of thiocarbonyl (C=S) groups is 1. The number of anilines is 1. The zero-order chi connectivity index (χ0) is 22.4. The summed E-state index contributed by atoms with van der Waals surface area (Å²) < 4.78 is 8.36. The first-order chi connectivity index (χ1) is 15.4. The number of nitrogens with zero attached hydrogens (tertiary/aromatic N) is 3. The van der Waals surface area contributed by atoms with E-state index in [4.69, 9.17) is 17.0 Å². The molecule has 5 rings (SSSR count). The first-order valence-corrected chi connectivity index (χ1v) is 11.8. The van der Waals surface area contributed by atoms with Crippen LogP contribution in [0.4, 0.5) is 5.69 Å². The van der Waals surface area contributed by atoms with Crippen molar-refractivity contribution in [3.8, 4) is 5.75 Å². The van der Waals surface area contributed by atoms with Crippen molar-refractivity contribution >= 4 is 23.0 Å². The molecule has 0 unspecified atom stereocenters. The van der Waals surface area contributed by atoms with E-state index in [1.807, 2.05) is 44.3 Å². The fraction of sp³-hybridized carbons (Fsp3) is 0.385. The molecule has 1 saturated carbocycles. The molecule has 6 heteroatoms. The summed E-state index contributed by atoms with van der Waals surface area (Å²) in [6.07, 6.45) is 4.53. The van der Waals surface area contributed by atoms with Crippen LogP contribution in [0.2, 0.25) is 0 Å². The molecule has 0 amide bonds. The smallest absolute Gasteiger partial charge is 0.174 e. The van der Waals surface area contributed by atoms with Gasteiger partial charge in [0.25, 0.3) is 0 Å². The largest absolute Gasteiger partial charge is 0.491 e. The van der Waals surface area contributed by atoms with Crippen molar-refractivity contribution in [2.24, 2.45) is 0 Å². The number of ether oxygens (including phenoxy) is 1. The first-order valence-electron chi connectivity index (χ1n) is 11.4. The third-order valence-corrected chi connectivity index (χ3v) is 6.65. The highest BCUT2D eigenvalue weighted by Gasteiger charge is 2.43. The molecule has 1 aliphatic carbocycles.